The molecular formula is C45H57N13O7. The zero-order valence-corrected chi connectivity index (χ0v) is 36.4. The molecule has 0 saturated carbocycles. The van der Waals surface area contributed by atoms with E-state index in [4.69, 9.17) is 30.1 Å². The van der Waals surface area contributed by atoms with E-state index in [0.717, 1.165) is 28.6 Å². The first-order chi connectivity index (χ1) is 31.8. The van der Waals surface area contributed by atoms with Crippen LogP contribution in [-0.2, 0) is 48.0 Å². The van der Waals surface area contributed by atoms with E-state index in [2.05, 4.69) is 76.1 Å². The van der Waals surface area contributed by atoms with Crippen LogP contribution >= 0.6 is 0 Å². The Morgan fingerprint density at radius 1 is 0.908 bits per heavy atom. The van der Waals surface area contributed by atoms with Gasteiger partial charge in [-0.25, -0.2) is 15.0 Å². The molecule has 0 bridgehead atoms. The van der Waals surface area contributed by atoms with Crippen molar-refractivity contribution in [3.8, 4) is 0 Å². The summed E-state index contributed by atoms with van der Waals surface area (Å²) in [5, 5.41) is 25.1. The summed E-state index contributed by atoms with van der Waals surface area (Å²) >= 11 is 0. The van der Waals surface area contributed by atoms with Crippen molar-refractivity contribution in [2.75, 3.05) is 96.7 Å². The van der Waals surface area contributed by atoms with E-state index < -0.39 is 0 Å². The molecule has 0 saturated heterocycles. The Hall–Kier alpha value is -6.84. The average molecular weight is 892 g/mol. The number of fused-ring (bicyclic) bond motifs is 2. The van der Waals surface area contributed by atoms with E-state index >= 15 is 0 Å². The number of nitrogens with zero attached hydrogens (tertiary/aromatic N) is 8. The number of aliphatic imine (C=N–C) groups is 4. The number of rotatable bonds is 29. The summed E-state index contributed by atoms with van der Waals surface area (Å²) in [4.78, 5) is 58.9. The molecule has 65 heavy (non-hydrogen) atoms. The molecule has 0 aliphatic carbocycles. The number of carbonyl (C=O) groups excluding carboxylic acids is 2. The number of aliphatic hydroxyl groups excluding tert-OH is 1. The molecule has 1 aliphatic heterocycles. The molecule has 0 spiro atoms. The fraction of sp³-hybridized carbons (Fsp3) is 0.378. The van der Waals surface area contributed by atoms with Crippen molar-refractivity contribution in [2.45, 2.75) is 25.9 Å². The Bertz CT molecular complexity index is 2340. The van der Waals surface area contributed by atoms with Gasteiger partial charge in [0.2, 0.25) is 5.91 Å². The summed E-state index contributed by atoms with van der Waals surface area (Å²) in [6.07, 6.45) is 11.5. The van der Waals surface area contributed by atoms with Gasteiger partial charge in [-0.05, 0) is 48.7 Å². The average Bonchev–Trinajstić information content (AvgIpc) is 3.80. The summed E-state index contributed by atoms with van der Waals surface area (Å²) in [6, 6.07) is 10.0. The summed E-state index contributed by atoms with van der Waals surface area (Å²) in [5.74, 6) is 0.349. The quantitative estimate of drug-likeness (QED) is 0.0261. The predicted molar refractivity (Wildman–Crippen MR) is 251 cm³/mol. The van der Waals surface area contributed by atoms with Gasteiger partial charge in [-0.2, -0.15) is 0 Å². The Balaban J connectivity index is 0.875. The van der Waals surface area contributed by atoms with Gasteiger partial charge >= 0.3 is 0 Å². The van der Waals surface area contributed by atoms with Gasteiger partial charge in [0.25, 0.3) is 5.91 Å². The molecule has 0 radical (unpaired) electrons. The number of aromatic amines is 1. The number of aliphatic hydroxyl groups is 1. The third kappa shape index (κ3) is 16.0. The molecule has 4 aromatic rings. The van der Waals surface area contributed by atoms with Crippen LogP contribution in [0.15, 0.2) is 92.6 Å². The Kier molecular flexibility index (Phi) is 20.7. The largest absolute Gasteiger partial charge is 0.392 e. The molecule has 1 aliphatic rings. The first-order valence-electron chi connectivity index (χ1n) is 21.1. The molecule has 20 nitrogen and oxygen atoms in total. The highest BCUT2D eigenvalue weighted by atomic mass is 16.6. The number of H-pyrrole nitrogens is 1. The number of hydrogen-bond donors (Lipinski definition) is 6. The molecule has 0 unspecified atom stereocenters. The number of benzene rings is 1. The number of hydrogen-bond acceptors (Lipinski definition) is 17. The first kappa shape index (κ1) is 49.2. The van der Waals surface area contributed by atoms with Crippen molar-refractivity contribution in [2.24, 2.45) is 20.0 Å². The third-order valence-electron chi connectivity index (χ3n) is 9.80. The van der Waals surface area contributed by atoms with Crippen molar-refractivity contribution in [1.82, 2.24) is 30.2 Å². The van der Waals surface area contributed by atoms with Gasteiger partial charge in [0.15, 0.2) is 0 Å². The molecule has 20 heteroatoms. The van der Waals surface area contributed by atoms with E-state index in [-0.39, 0.29) is 48.5 Å². The SMILES string of the molecule is C=N/C=C(\C=N/CC/N=C\C(=C/N=C)C(=O)NCCOCCOCCOCCOCCC(=O)N1CCc2cc(CNc3ncnc(N)c3C(=N)c3cnc4[nH]ccc4c3)ccc2C1)CO. The number of anilines is 2. The van der Waals surface area contributed by atoms with Crippen LogP contribution in [0.25, 0.3) is 11.0 Å². The number of nitrogens with one attached hydrogen (secondary N) is 4. The Labute approximate surface area is 377 Å². The smallest absolute Gasteiger partial charge is 0.254 e. The highest BCUT2D eigenvalue weighted by Gasteiger charge is 2.22. The van der Waals surface area contributed by atoms with Gasteiger partial charge < -0.3 is 50.3 Å². The topological polar surface area (TPSA) is 272 Å². The van der Waals surface area contributed by atoms with Crippen molar-refractivity contribution < 1.29 is 33.6 Å². The number of carbonyl (C=O) groups is 2. The van der Waals surface area contributed by atoms with E-state index in [1.165, 1.54) is 36.7 Å². The van der Waals surface area contributed by atoms with Crippen molar-refractivity contribution in [3.63, 3.8) is 0 Å². The highest BCUT2D eigenvalue weighted by Crippen LogP contribution is 2.25. The van der Waals surface area contributed by atoms with Crippen molar-refractivity contribution in [3.05, 3.63) is 100 Å². The molecule has 5 rings (SSSR count). The standard InChI is InChI=1S/C45H57N13O7/c1-48-23-33(30-59)24-50-9-10-51-27-38(26-49-2)45(61)53-11-14-63-16-18-65-20-19-64-17-15-62-13-7-39(60)58-12-6-34-21-32(3-4-36(34)29-58)25-54-44-40(42(47)56-31-57-44)41(46)37-22-35-5-8-52-43(35)55-28-37/h3-5,8,21-24,26-28,31,46,59H,1-2,6-7,9-20,25,29-30H2,(H,52,55)(H,53,61)(H3,47,54,56,57)/b33-23+,38-26+,46-41?,50-24-,51-27-. The molecule has 344 valence electrons. The normalized spacial score (nSPS) is 13.1. The fourth-order valence-electron chi connectivity index (χ4n) is 6.48. The Morgan fingerprint density at radius 3 is 2.37 bits per heavy atom. The fourth-order valence-corrected chi connectivity index (χ4v) is 6.48. The van der Waals surface area contributed by atoms with Gasteiger partial charge in [0.1, 0.15) is 23.6 Å². The molecule has 3 aromatic heterocycles. The second kappa shape index (κ2) is 27.4. The van der Waals surface area contributed by atoms with Crippen molar-refractivity contribution >= 4 is 66.1 Å². The van der Waals surface area contributed by atoms with Gasteiger partial charge in [-0.15, -0.1) is 0 Å². The number of aromatic nitrogens is 4. The maximum atomic E-state index is 13.0. The van der Waals surface area contributed by atoms with E-state index in [1.807, 2.05) is 23.1 Å². The molecule has 2 amide bonds. The maximum Gasteiger partial charge on any atom is 0.254 e. The highest BCUT2D eigenvalue weighted by molar-refractivity contribution is 6.17. The lowest BCUT2D eigenvalue weighted by atomic mass is 9.97. The number of ether oxygens (including phenoxy) is 4. The summed E-state index contributed by atoms with van der Waals surface area (Å²) in [5.41, 5.74) is 12.3. The minimum Gasteiger partial charge on any atom is -0.392 e. The monoisotopic (exact) mass is 891 g/mol. The number of nitrogens with two attached hydrogens (primary N) is 1. The third-order valence-corrected chi connectivity index (χ3v) is 9.80. The van der Waals surface area contributed by atoms with E-state index in [1.54, 1.807) is 12.4 Å². The first-order valence-corrected chi connectivity index (χ1v) is 21.1. The lowest BCUT2D eigenvalue weighted by molar-refractivity contribution is -0.133. The minimum absolute atomic E-state index is 0.0442. The maximum absolute atomic E-state index is 13.0. The van der Waals surface area contributed by atoms with E-state index in [0.29, 0.717) is 108 Å². The van der Waals surface area contributed by atoms with E-state index in [9.17, 15) is 14.7 Å². The second-order valence-corrected chi connectivity index (χ2v) is 14.4. The van der Waals surface area contributed by atoms with Crippen LogP contribution in [0, 0.1) is 5.41 Å². The lowest BCUT2D eigenvalue weighted by Gasteiger charge is -2.29. The minimum atomic E-state index is -0.364. The van der Waals surface area contributed by atoms with Gasteiger partial charge in [0, 0.05) is 79.9 Å². The van der Waals surface area contributed by atoms with Crippen LogP contribution < -0.4 is 16.4 Å². The van der Waals surface area contributed by atoms with Crippen LogP contribution in [0.2, 0.25) is 0 Å². The second-order valence-electron chi connectivity index (χ2n) is 14.4. The number of amides is 2. The molecule has 0 fully saturated rings. The van der Waals surface area contributed by atoms with Crippen LogP contribution in [0.5, 0.6) is 0 Å². The van der Waals surface area contributed by atoms with Crippen LogP contribution in [0.3, 0.4) is 0 Å². The zero-order chi connectivity index (χ0) is 46.1. The summed E-state index contributed by atoms with van der Waals surface area (Å²) in [7, 11) is 0. The number of pyridine rings is 1. The predicted octanol–water partition coefficient (Wildman–Crippen LogP) is 2.72. The summed E-state index contributed by atoms with van der Waals surface area (Å²) < 4.78 is 22.3. The molecule has 0 atom stereocenters. The van der Waals surface area contributed by atoms with Crippen LogP contribution in [0.4, 0.5) is 11.6 Å². The van der Waals surface area contributed by atoms with Crippen LogP contribution in [-0.4, -0.2) is 159 Å². The molecule has 7 N–H and O–H groups in total. The zero-order valence-electron chi connectivity index (χ0n) is 36.4. The molecular weight excluding hydrogens is 835 g/mol. The molecule has 4 heterocycles. The number of nitrogen functional groups attached to an aromatic ring is 1. The van der Waals surface area contributed by atoms with Gasteiger partial charge in [0.05, 0.1) is 95.8 Å². The van der Waals surface area contributed by atoms with Gasteiger partial charge in [-0.1, -0.05) is 18.2 Å². The molecule has 1 aromatic carbocycles. The summed E-state index contributed by atoms with van der Waals surface area (Å²) in [6.45, 7) is 12.0. The van der Waals surface area contributed by atoms with Gasteiger partial charge in [-0.3, -0.25) is 35.0 Å². The van der Waals surface area contributed by atoms with Crippen LogP contribution in [0.1, 0.15) is 34.2 Å². The Morgan fingerprint density at radius 2 is 1.63 bits per heavy atom. The van der Waals surface area contributed by atoms with Crippen molar-refractivity contribution in [1.29, 1.82) is 5.41 Å². The lowest BCUT2D eigenvalue weighted by Crippen LogP contribution is -2.36.